The molecule has 152 valence electrons. The topological polar surface area (TPSA) is 48.5 Å². The van der Waals surface area contributed by atoms with Gasteiger partial charge in [0, 0.05) is 61.3 Å². The quantitative estimate of drug-likeness (QED) is 0.690. The Balaban J connectivity index is 0.00000240. The molecule has 1 amide bonds. The molecule has 29 heavy (non-hydrogen) atoms. The number of aromatic nitrogens is 1. The number of fused-ring (bicyclic) bond motifs is 1. The number of pyridine rings is 1. The Hall–Kier alpha value is -2.63. The van der Waals surface area contributed by atoms with Gasteiger partial charge in [-0.05, 0) is 55.6 Å². The van der Waals surface area contributed by atoms with Gasteiger partial charge in [-0.1, -0.05) is 12.1 Å². The highest BCUT2D eigenvalue weighted by Gasteiger charge is 2.19. The van der Waals surface area contributed by atoms with Gasteiger partial charge in [-0.25, -0.2) is 0 Å². The Labute approximate surface area is 178 Å². The van der Waals surface area contributed by atoms with Crippen LogP contribution in [0.4, 0.5) is 11.4 Å². The first kappa shape index (κ1) is 21.1. The molecule has 1 fully saturated rings. The zero-order chi connectivity index (χ0) is 19.5. The Kier molecular flexibility index (Phi) is 6.72. The second-order valence-electron chi connectivity index (χ2n) is 7.52. The third kappa shape index (κ3) is 4.69. The first-order valence-corrected chi connectivity index (χ1v) is 9.85. The van der Waals surface area contributed by atoms with Crippen molar-refractivity contribution in [3.63, 3.8) is 0 Å². The number of piperazine rings is 1. The first-order chi connectivity index (χ1) is 13.6. The number of amides is 1. The second-order valence-corrected chi connectivity index (χ2v) is 7.52. The van der Waals surface area contributed by atoms with Gasteiger partial charge in [0.15, 0.2) is 0 Å². The highest BCUT2D eigenvalue weighted by Crippen LogP contribution is 2.23. The van der Waals surface area contributed by atoms with Crippen molar-refractivity contribution in [1.82, 2.24) is 9.88 Å². The molecule has 0 aliphatic carbocycles. The lowest BCUT2D eigenvalue weighted by molar-refractivity contribution is 0.102. The van der Waals surface area contributed by atoms with Crippen molar-refractivity contribution in [3.8, 4) is 0 Å². The molecule has 3 aromatic rings. The van der Waals surface area contributed by atoms with Gasteiger partial charge in [0.05, 0.1) is 5.69 Å². The number of hydrogen-bond acceptors (Lipinski definition) is 4. The second kappa shape index (κ2) is 9.25. The van der Waals surface area contributed by atoms with Crippen LogP contribution in [-0.2, 0) is 0 Å². The van der Waals surface area contributed by atoms with E-state index in [0.717, 1.165) is 42.6 Å². The predicted molar refractivity (Wildman–Crippen MR) is 122 cm³/mol. The highest BCUT2D eigenvalue weighted by molar-refractivity contribution is 6.09. The molecular weight excluding hydrogens is 384 g/mol. The number of carbonyl (C=O) groups is 1. The van der Waals surface area contributed by atoms with Crippen LogP contribution in [-0.4, -0.2) is 48.0 Å². The third-order valence-electron chi connectivity index (χ3n) is 5.47. The summed E-state index contributed by atoms with van der Waals surface area (Å²) in [7, 11) is 0. The number of anilines is 2. The van der Waals surface area contributed by atoms with Crippen LogP contribution in [0.25, 0.3) is 10.8 Å². The van der Waals surface area contributed by atoms with E-state index in [4.69, 9.17) is 0 Å². The molecule has 1 N–H and O–H groups in total. The van der Waals surface area contributed by atoms with Crippen LogP contribution in [0.1, 0.15) is 24.2 Å². The van der Waals surface area contributed by atoms with Gasteiger partial charge >= 0.3 is 0 Å². The Morgan fingerprint density at radius 3 is 2.41 bits per heavy atom. The van der Waals surface area contributed by atoms with E-state index in [1.165, 1.54) is 5.69 Å². The lowest BCUT2D eigenvalue weighted by Crippen LogP contribution is -2.48. The predicted octanol–water partition coefficient (Wildman–Crippen LogP) is 4.44. The minimum Gasteiger partial charge on any atom is -0.369 e. The number of halogens is 1. The van der Waals surface area contributed by atoms with Gasteiger partial charge in [-0.3, -0.25) is 14.7 Å². The van der Waals surface area contributed by atoms with Gasteiger partial charge in [0.1, 0.15) is 0 Å². The maximum atomic E-state index is 12.7. The lowest BCUT2D eigenvalue weighted by Gasteiger charge is -2.38. The summed E-state index contributed by atoms with van der Waals surface area (Å²) in [5.74, 6) is -0.104. The summed E-state index contributed by atoms with van der Waals surface area (Å²) in [6.07, 6.45) is 3.54. The van der Waals surface area contributed by atoms with E-state index in [-0.39, 0.29) is 18.3 Å². The average molecular weight is 411 g/mol. The minimum absolute atomic E-state index is 0. The van der Waals surface area contributed by atoms with Crippen LogP contribution in [0, 0.1) is 0 Å². The monoisotopic (exact) mass is 410 g/mol. The molecule has 2 heterocycles. The van der Waals surface area contributed by atoms with Gasteiger partial charge in [-0.2, -0.15) is 0 Å². The number of carbonyl (C=O) groups excluding carboxylic acids is 1. The van der Waals surface area contributed by atoms with Gasteiger partial charge < -0.3 is 10.2 Å². The van der Waals surface area contributed by atoms with Gasteiger partial charge in [0.2, 0.25) is 0 Å². The summed E-state index contributed by atoms with van der Waals surface area (Å²) >= 11 is 0. The molecule has 1 aromatic heterocycles. The van der Waals surface area contributed by atoms with Gasteiger partial charge in [-0.15, -0.1) is 12.4 Å². The van der Waals surface area contributed by atoms with Crippen LogP contribution in [0.15, 0.2) is 60.9 Å². The smallest absolute Gasteiger partial charge is 0.255 e. The lowest BCUT2D eigenvalue weighted by atomic mass is 10.1. The molecule has 0 atom stereocenters. The van der Waals surface area contributed by atoms with Crippen LogP contribution >= 0.6 is 12.4 Å². The Bertz CT molecular complexity index is 961. The van der Waals surface area contributed by atoms with Crippen molar-refractivity contribution in [2.24, 2.45) is 0 Å². The summed E-state index contributed by atoms with van der Waals surface area (Å²) in [6.45, 7) is 8.69. The summed E-state index contributed by atoms with van der Waals surface area (Å²) in [4.78, 5) is 21.8. The zero-order valence-electron chi connectivity index (χ0n) is 16.8. The van der Waals surface area contributed by atoms with Crippen molar-refractivity contribution in [3.05, 3.63) is 66.5 Å². The maximum Gasteiger partial charge on any atom is 0.255 e. The molecule has 5 nitrogen and oxygen atoms in total. The fourth-order valence-electron chi connectivity index (χ4n) is 3.74. The summed E-state index contributed by atoms with van der Waals surface area (Å²) in [5, 5.41) is 5.02. The molecule has 0 bridgehead atoms. The van der Waals surface area contributed by atoms with E-state index in [9.17, 15) is 4.79 Å². The van der Waals surface area contributed by atoms with E-state index in [0.29, 0.717) is 11.6 Å². The Morgan fingerprint density at radius 1 is 1.00 bits per heavy atom. The fourth-order valence-corrected chi connectivity index (χ4v) is 3.74. The largest absolute Gasteiger partial charge is 0.369 e. The summed E-state index contributed by atoms with van der Waals surface area (Å²) in [6, 6.07) is 16.3. The first-order valence-electron chi connectivity index (χ1n) is 9.85. The van der Waals surface area contributed by atoms with Crippen molar-refractivity contribution >= 4 is 40.5 Å². The molecular formula is C23H27ClN4O. The van der Waals surface area contributed by atoms with E-state index >= 15 is 0 Å². The molecule has 2 aromatic carbocycles. The maximum absolute atomic E-state index is 12.7. The van der Waals surface area contributed by atoms with Crippen molar-refractivity contribution in [1.29, 1.82) is 0 Å². The Morgan fingerprint density at radius 2 is 1.72 bits per heavy atom. The van der Waals surface area contributed by atoms with E-state index in [1.54, 1.807) is 12.4 Å². The van der Waals surface area contributed by atoms with Crippen molar-refractivity contribution < 1.29 is 4.79 Å². The number of rotatable bonds is 4. The van der Waals surface area contributed by atoms with Gasteiger partial charge in [0.25, 0.3) is 5.91 Å². The fraction of sp³-hybridized carbons (Fsp3) is 0.304. The van der Waals surface area contributed by atoms with Crippen LogP contribution in [0.2, 0.25) is 0 Å². The summed E-state index contributed by atoms with van der Waals surface area (Å²) in [5.41, 5.74) is 2.62. The van der Waals surface area contributed by atoms with E-state index in [1.807, 2.05) is 48.5 Å². The van der Waals surface area contributed by atoms with Crippen LogP contribution in [0.3, 0.4) is 0 Å². The van der Waals surface area contributed by atoms with Crippen LogP contribution < -0.4 is 10.2 Å². The molecule has 0 unspecified atom stereocenters. The average Bonchev–Trinajstić information content (AvgIpc) is 2.74. The minimum atomic E-state index is -0.104. The zero-order valence-corrected chi connectivity index (χ0v) is 17.7. The molecule has 1 aliphatic heterocycles. The summed E-state index contributed by atoms with van der Waals surface area (Å²) < 4.78 is 0. The number of nitrogens with one attached hydrogen (secondary N) is 1. The van der Waals surface area contributed by atoms with Crippen LogP contribution in [0.5, 0.6) is 0 Å². The highest BCUT2D eigenvalue weighted by atomic mass is 35.5. The normalized spacial score (nSPS) is 14.7. The molecule has 0 spiro atoms. The number of benzene rings is 2. The molecule has 0 saturated carbocycles. The molecule has 1 aliphatic rings. The molecule has 4 rings (SSSR count). The molecule has 1 saturated heterocycles. The molecule has 0 radical (unpaired) electrons. The SMILES string of the molecule is CC(C)N1CCN(c2ccc(C(=O)Nc3cccc4ccncc34)cc2)CC1.Cl. The number of hydrogen-bond donors (Lipinski definition) is 1. The van der Waals surface area contributed by atoms with Crippen molar-refractivity contribution in [2.75, 3.05) is 36.4 Å². The standard InChI is InChI=1S/C23H26N4O.ClH/c1-17(2)26-12-14-27(15-13-26)20-8-6-19(7-9-20)23(28)25-22-5-3-4-18-10-11-24-16-21(18)22;/h3-11,16-17H,12-15H2,1-2H3,(H,25,28);1H. The third-order valence-corrected chi connectivity index (χ3v) is 5.47. The van der Waals surface area contributed by atoms with E-state index in [2.05, 4.69) is 33.9 Å². The van der Waals surface area contributed by atoms with Crippen molar-refractivity contribution in [2.45, 2.75) is 19.9 Å². The molecule has 6 heteroatoms. The van der Waals surface area contributed by atoms with E-state index < -0.39 is 0 Å². The number of nitrogens with zero attached hydrogens (tertiary/aromatic N) is 3.